The lowest BCUT2D eigenvalue weighted by atomic mass is 10.0. The number of hydrogen-bond donors (Lipinski definition) is 0. The number of rotatable bonds is 30. The molecule has 0 N–H and O–H groups in total. The maximum absolute atomic E-state index is 2.71. The fraction of sp³-hybridized carbons (Fsp3) is 0.944. The zero-order valence-corrected chi connectivity index (χ0v) is 26.8. The Labute approximate surface area is 241 Å². The van der Waals surface area contributed by atoms with E-state index in [1.807, 2.05) is 0 Å². The molecule has 1 aliphatic heterocycles. The lowest BCUT2D eigenvalue weighted by Gasteiger charge is -2.33. The smallest absolute Gasteiger partial charge is 0.101 e. The van der Waals surface area contributed by atoms with Crippen molar-refractivity contribution in [1.82, 2.24) is 9.80 Å². The zero-order chi connectivity index (χ0) is 27.4. The largest absolute Gasteiger partial charge is 0.356 e. The molecular formula is C36H72N2. The van der Waals surface area contributed by atoms with Crippen molar-refractivity contribution in [1.29, 1.82) is 0 Å². The molecule has 0 fully saturated rings. The van der Waals surface area contributed by atoms with E-state index in [1.54, 1.807) is 0 Å². The molecule has 0 aromatic heterocycles. The highest BCUT2D eigenvalue weighted by molar-refractivity contribution is 4.97. The van der Waals surface area contributed by atoms with Crippen molar-refractivity contribution in [2.24, 2.45) is 0 Å². The Morgan fingerprint density at radius 3 is 0.921 bits per heavy atom. The number of unbranched alkanes of at least 4 members (excludes halogenated alkanes) is 24. The van der Waals surface area contributed by atoms with Gasteiger partial charge in [0, 0.05) is 25.5 Å². The molecule has 1 aliphatic rings. The van der Waals surface area contributed by atoms with Crippen molar-refractivity contribution >= 4 is 0 Å². The van der Waals surface area contributed by atoms with Crippen LogP contribution in [-0.2, 0) is 0 Å². The maximum Gasteiger partial charge on any atom is 0.101 e. The molecule has 38 heavy (non-hydrogen) atoms. The van der Waals surface area contributed by atoms with Gasteiger partial charge in [-0.3, -0.25) is 0 Å². The van der Waals surface area contributed by atoms with E-state index in [2.05, 4.69) is 43.0 Å². The summed E-state index contributed by atoms with van der Waals surface area (Å²) >= 11 is 0. The average molecular weight is 533 g/mol. The molecule has 0 saturated carbocycles. The third kappa shape index (κ3) is 20.3. The predicted octanol–water partition coefficient (Wildman–Crippen LogP) is 12.4. The number of hydrogen-bond acceptors (Lipinski definition) is 2. The first-order valence-electron chi connectivity index (χ1n) is 18.0. The monoisotopic (exact) mass is 533 g/mol. The van der Waals surface area contributed by atoms with Gasteiger partial charge in [-0.05, 0) is 25.7 Å². The summed E-state index contributed by atoms with van der Waals surface area (Å²) in [5.74, 6) is 0. The van der Waals surface area contributed by atoms with Gasteiger partial charge < -0.3 is 9.80 Å². The van der Waals surface area contributed by atoms with Gasteiger partial charge in [0.2, 0.25) is 0 Å². The number of nitrogens with zero attached hydrogens (tertiary/aromatic N) is 2. The van der Waals surface area contributed by atoms with Crippen LogP contribution < -0.4 is 0 Å². The topological polar surface area (TPSA) is 6.48 Å². The first-order chi connectivity index (χ1) is 18.8. The third-order valence-corrected chi connectivity index (χ3v) is 8.82. The summed E-state index contributed by atoms with van der Waals surface area (Å²) in [6.45, 7) is 9.47. The molecular weight excluding hydrogens is 460 g/mol. The zero-order valence-electron chi connectivity index (χ0n) is 26.8. The van der Waals surface area contributed by atoms with Gasteiger partial charge in [0.25, 0.3) is 0 Å². The van der Waals surface area contributed by atoms with E-state index >= 15 is 0 Å². The Hall–Kier alpha value is -0.660. The minimum Gasteiger partial charge on any atom is -0.356 e. The second-order valence-corrected chi connectivity index (χ2v) is 12.5. The highest BCUT2D eigenvalue weighted by atomic mass is 15.4. The standard InChI is InChI=1S/C36H72N2/c1-4-7-10-13-16-18-19-21-24-27-30-33-38-35-34-37(32-29-26-23-15-12-9-6-3)36(38)31-28-25-22-20-17-14-11-8-5-2/h34-36H,4-33H2,1-3H3. The van der Waals surface area contributed by atoms with E-state index in [4.69, 9.17) is 0 Å². The van der Waals surface area contributed by atoms with Crippen LogP contribution in [0, 0.1) is 0 Å². The fourth-order valence-corrected chi connectivity index (χ4v) is 6.19. The molecule has 0 saturated heterocycles. The van der Waals surface area contributed by atoms with Crippen molar-refractivity contribution in [3.8, 4) is 0 Å². The molecule has 0 amide bonds. The summed E-state index contributed by atoms with van der Waals surface area (Å²) in [5.41, 5.74) is 0. The summed E-state index contributed by atoms with van der Waals surface area (Å²) in [4.78, 5) is 5.41. The molecule has 1 unspecified atom stereocenters. The molecule has 1 heterocycles. The summed E-state index contributed by atoms with van der Waals surface area (Å²) in [6.07, 6.45) is 45.4. The van der Waals surface area contributed by atoms with Crippen LogP contribution in [0.1, 0.15) is 201 Å². The molecule has 226 valence electrons. The van der Waals surface area contributed by atoms with Crippen LogP contribution in [0.3, 0.4) is 0 Å². The van der Waals surface area contributed by atoms with E-state index < -0.39 is 0 Å². The van der Waals surface area contributed by atoms with Gasteiger partial charge in [-0.15, -0.1) is 0 Å². The minimum absolute atomic E-state index is 0.641. The SMILES string of the molecule is CCCCCCCCCCCCCN1C=CN(CCCCCCCCC)C1CCCCCCCCCCC. The second kappa shape index (κ2) is 27.9. The van der Waals surface area contributed by atoms with E-state index in [-0.39, 0.29) is 0 Å². The molecule has 0 spiro atoms. The molecule has 0 radical (unpaired) electrons. The van der Waals surface area contributed by atoms with Crippen LogP contribution in [0.25, 0.3) is 0 Å². The van der Waals surface area contributed by atoms with Crippen LogP contribution in [0.15, 0.2) is 12.4 Å². The second-order valence-electron chi connectivity index (χ2n) is 12.5. The van der Waals surface area contributed by atoms with Crippen molar-refractivity contribution in [2.45, 2.75) is 207 Å². The van der Waals surface area contributed by atoms with E-state index in [9.17, 15) is 0 Å². The quantitative estimate of drug-likeness (QED) is 0.0848. The highest BCUT2D eigenvalue weighted by Gasteiger charge is 2.24. The highest BCUT2D eigenvalue weighted by Crippen LogP contribution is 2.24. The minimum atomic E-state index is 0.641. The summed E-state index contributed by atoms with van der Waals surface area (Å²) in [5, 5.41) is 0. The molecule has 1 atom stereocenters. The van der Waals surface area contributed by atoms with Crippen molar-refractivity contribution in [2.75, 3.05) is 13.1 Å². The molecule has 0 aromatic carbocycles. The predicted molar refractivity (Wildman–Crippen MR) is 173 cm³/mol. The van der Waals surface area contributed by atoms with Crippen molar-refractivity contribution < 1.29 is 0 Å². The molecule has 2 heteroatoms. The molecule has 0 aromatic rings. The molecule has 0 aliphatic carbocycles. The Morgan fingerprint density at radius 2 is 0.605 bits per heavy atom. The summed E-state index contributed by atoms with van der Waals surface area (Å²) in [6, 6.07) is 0. The van der Waals surface area contributed by atoms with Gasteiger partial charge in [0.1, 0.15) is 6.17 Å². The van der Waals surface area contributed by atoms with Crippen molar-refractivity contribution in [3.05, 3.63) is 12.4 Å². The van der Waals surface area contributed by atoms with Gasteiger partial charge >= 0.3 is 0 Å². The summed E-state index contributed by atoms with van der Waals surface area (Å²) < 4.78 is 0. The lowest BCUT2D eigenvalue weighted by molar-refractivity contribution is 0.135. The Balaban J connectivity index is 2.23. The fourth-order valence-electron chi connectivity index (χ4n) is 6.19. The Bertz CT molecular complexity index is 488. The molecule has 0 bridgehead atoms. The van der Waals surface area contributed by atoms with Crippen LogP contribution in [0.4, 0.5) is 0 Å². The van der Waals surface area contributed by atoms with Gasteiger partial charge in [-0.1, -0.05) is 175 Å². The van der Waals surface area contributed by atoms with Gasteiger partial charge in [-0.25, -0.2) is 0 Å². The Morgan fingerprint density at radius 1 is 0.342 bits per heavy atom. The van der Waals surface area contributed by atoms with Gasteiger partial charge in [-0.2, -0.15) is 0 Å². The van der Waals surface area contributed by atoms with Crippen molar-refractivity contribution in [3.63, 3.8) is 0 Å². The van der Waals surface area contributed by atoms with Crippen LogP contribution >= 0.6 is 0 Å². The first kappa shape index (κ1) is 35.4. The lowest BCUT2D eigenvalue weighted by Crippen LogP contribution is -2.39. The van der Waals surface area contributed by atoms with Crippen LogP contribution in [0.2, 0.25) is 0 Å². The Kier molecular flexibility index (Phi) is 26.0. The average Bonchev–Trinajstić information content (AvgIpc) is 3.31. The van der Waals surface area contributed by atoms with E-state index in [0.29, 0.717) is 6.17 Å². The van der Waals surface area contributed by atoms with Crippen LogP contribution in [-0.4, -0.2) is 29.1 Å². The maximum atomic E-state index is 2.71. The normalized spacial score (nSPS) is 15.3. The first-order valence-corrected chi connectivity index (χ1v) is 18.0. The van der Waals surface area contributed by atoms with Gasteiger partial charge in [0.15, 0.2) is 0 Å². The molecule has 1 rings (SSSR count). The molecule has 2 nitrogen and oxygen atoms in total. The summed E-state index contributed by atoms with van der Waals surface area (Å²) in [7, 11) is 0. The van der Waals surface area contributed by atoms with Crippen LogP contribution in [0.5, 0.6) is 0 Å². The van der Waals surface area contributed by atoms with E-state index in [1.165, 1.54) is 193 Å². The third-order valence-electron chi connectivity index (χ3n) is 8.82. The van der Waals surface area contributed by atoms with Gasteiger partial charge in [0.05, 0.1) is 0 Å². The van der Waals surface area contributed by atoms with E-state index in [0.717, 1.165) is 0 Å².